The minimum Gasteiger partial charge on any atom is -0.454 e. The molecular weight excluding hydrogens is 453 g/mol. The second-order valence-corrected chi connectivity index (χ2v) is 9.27. The van der Waals surface area contributed by atoms with Crippen LogP contribution >= 0.6 is 0 Å². The summed E-state index contributed by atoms with van der Waals surface area (Å²) in [7, 11) is 0. The van der Waals surface area contributed by atoms with Crippen LogP contribution in [-0.2, 0) is 4.79 Å². The van der Waals surface area contributed by atoms with Crippen LogP contribution in [0.15, 0.2) is 42.5 Å². The van der Waals surface area contributed by atoms with Gasteiger partial charge in [0.05, 0.1) is 5.56 Å². The van der Waals surface area contributed by atoms with E-state index in [0.717, 1.165) is 0 Å². The summed E-state index contributed by atoms with van der Waals surface area (Å²) in [5.74, 6) is -0.504. The first-order valence-corrected chi connectivity index (χ1v) is 11.9. The lowest BCUT2D eigenvalue weighted by Crippen LogP contribution is -2.54. The maximum atomic E-state index is 14.1. The first kappa shape index (κ1) is 24.5. The number of likely N-dealkylation sites (tertiary alicyclic amines) is 1. The first-order valence-electron chi connectivity index (χ1n) is 11.9. The molecule has 35 heavy (non-hydrogen) atoms. The van der Waals surface area contributed by atoms with E-state index in [2.05, 4.69) is 10.6 Å². The molecule has 2 aromatic carbocycles. The smallest absolute Gasteiger partial charge is 0.254 e. The normalized spacial score (nSPS) is 16.2. The highest BCUT2D eigenvalue weighted by Gasteiger charge is 2.34. The van der Waals surface area contributed by atoms with E-state index in [-0.39, 0.29) is 36.0 Å². The number of ether oxygens (including phenoxy) is 2. The van der Waals surface area contributed by atoms with Crippen LogP contribution in [0, 0.1) is 17.7 Å². The van der Waals surface area contributed by atoms with Crippen LogP contribution in [-0.4, -0.2) is 55.1 Å². The fraction of sp³-hybridized carbons (Fsp3) is 0.423. The maximum Gasteiger partial charge on any atom is 0.254 e. The van der Waals surface area contributed by atoms with E-state index in [1.807, 2.05) is 13.8 Å². The largest absolute Gasteiger partial charge is 0.454 e. The molecule has 1 saturated heterocycles. The molecule has 8 nitrogen and oxygen atoms in total. The number of nitrogens with zero attached hydrogens (tertiary/aromatic N) is 1. The van der Waals surface area contributed by atoms with Gasteiger partial charge in [0, 0.05) is 25.2 Å². The van der Waals surface area contributed by atoms with Crippen LogP contribution in [0.5, 0.6) is 11.5 Å². The molecule has 186 valence electrons. The highest BCUT2D eigenvalue weighted by atomic mass is 19.1. The number of halogens is 1. The maximum absolute atomic E-state index is 14.1. The van der Waals surface area contributed by atoms with Crippen molar-refractivity contribution < 1.29 is 28.2 Å². The summed E-state index contributed by atoms with van der Waals surface area (Å²) < 4.78 is 24.8. The van der Waals surface area contributed by atoms with E-state index in [1.54, 1.807) is 29.2 Å². The number of carbonyl (C=O) groups excluding carboxylic acids is 3. The van der Waals surface area contributed by atoms with Crippen LogP contribution in [0.4, 0.5) is 4.39 Å². The fourth-order valence-electron chi connectivity index (χ4n) is 4.32. The Balaban J connectivity index is 1.43. The van der Waals surface area contributed by atoms with Crippen molar-refractivity contribution in [2.75, 3.05) is 26.4 Å². The molecule has 0 spiro atoms. The minimum absolute atomic E-state index is 0.107. The van der Waals surface area contributed by atoms with Gasteiger partial charge in [-0.2, -0.15) is 0 Å². The molecule has 1 atom stereocenters. The summed E-state index contributed by atoms with van der Waals surface area (Å²) in [5, 5.41) is 5.63. The number of amides is 3. The number of benzene rings is 2. The van der Waals surface area contributed by atoms with E-state index < -0.39 is 17.8 Å². The molecule has 2 aliphatic heterocycles. The number of piperidine rings is 1. The lowest BCUT2D eigenvalue weighted by Gasteiger charge is -2.36. The Morgan fingerprint density at radius 1 is 1.06 bits per heavy atom. The zero-order valence-corrected chi connectivity index (χ0v) is 19.9. The molecule has 9 heteroatoms. The fourth-order valence-corrected chi connectivity index (χ4v) is 4.32. The molecule has 2 aliphatic rings. The Kier molecular flexibility index (Phi) is 7.53. The highest BCUT2D eigenvalue weighted by Crippen LogP contribution is 2.33. The third-order valence-electron chi connectivity index (χ3n) is 6.29. The second kappa shape index (κ2) is 10.8. The van der Waals surface area contributed by atoms with Crippen LogP contribution in [0.3, 0.4) is 0 Å². The predicted octanol–water partition coefficient (Wildman–Crippen LogP) is 2.98. The molecule has 2 heterocycles. The Morgan fingerprint density at radius 3 is 2.49 bits per heavy atom. The molecule has 3 amide bonds. The quantitative estimate of drug-likeness (QED) is 0.631. The van der Waals surface area contributed by atoms with Crippen LogP contribution in [0.2, 0.25) is 0 Å². The summed E-state index contributed by atoms with van der Waals surface area (Å²) in [6, 6.07) is 9.95. The lowest BCUT2D eigenvalue weighted by molar-refractivity contribution is -0.124. The van der Waals surface area contributed by atoms with E-state index in [9.17, 15) is 18.8 Å². The Labute approximate surface area is 203 Å². The molecule has 1 unspecified atom stereocenters. The number of nitrogens with one attached hydrogen (secondary N) is 2. The number of hydrogen-bond donors (Lipinski definition) is 2. The monoisotopic (exact) mass is 483 g/mol. The Bertz CT molecular complexity index is 1100. The van der Waals surface area contributed by atoms with Gasteiger partial charge in [0.25, 0.3) is 11.8 Å². The molecule has 4 rings (SSSR count). The van der Waals surface area contributed by atoms with Crippen LogP contribution in [0.25, 0.3) is 0 Å². The lowest BCUT2D eigenvalue weighted by atomic mass is 9.88. The van der Waals surface area contributed by atoms with Gasteiger partial charge in [0.2, 0.25) is 12.7 Å². The first-order chi connectivity index (χ1) is 16.8. The minimum atomic E-state index is -0.830. The van der Waals surface area contributed by atoms with Crippen molar-refractivity contribution in [1.29, 1.82) is 0 Å². The van der Waals surface area contributed by atoms with Crippen molar-refractivity contribution in [3.63, 3.8) is 0 Å². The van der Waals surface area contributed by atoms with Gasteiger partial charge in [-0.05, 0) is 55.0 Å². The SMILES string of the molecule is CC(C)CNC(=O)C(NC(=O)c1ccccc1F)C1CCN(C(=O)c2ccc3c(c2)OCO3)CC1. The zero-order valence-electron chi connectivity index (χ0n) is 19.9. The van der Waals surface area contributed by atoms with Gasteiger partial charge in [0.1, 0.15) is 11.9 Å². The predicted molar refractivity (Wildman–Crippen MR) is 127 cm³/mol. The summed E-state index contributed by atoms with van der Waals surface area (Å²) in [6.07, 6.45) is 1.04. The zero-order chi connectivity index (χ0) is 24.9. The number of rotatable bonds is 7. The number of fused-ring (bicyclic) bond motifs is 1. The third kappa shape index (κ3) is 5.72. The standard InChI is InChI=1S/C26H30FN3O5/c1-16(2)14-28-25(32)23(29-24(31)19-5-3-4-6-20(19)27)17-9-11-30(12-10-17)26(33)18-7-8-21-22(13-18)35-15-34-21/h3-8,13,16-17,23H,9-12,14-15H2,1-2H3,(H,28,32)(H,29,31). The third-order valence-corrected chi connectivity index (χ3v) is 6.29. The van der Waals surface area contributed by atoms with Crippen molar-refractivity contribution in [2.24, 2.45) is 11.8 Å². The van der Waals surface area contributed by atoms with Gasteiger partial charge < -0.3 is 25.0 Å². The Morgan fingerprint density at radius 2 is 1.77 bits per heavy atom. The molecule has 0 aromatic heterocycles. The van der Waals surface area contributed by atoms with E-state index >= 15 is 0 Å². The van der Waals surface area contributed by atoms with Gasteiger partial charge in [-0.15, -0.1) is 0 Å². The average Bonchev–Trinajstić information content (AvgIpc) is 3.33. The second-order valence-electron chi connectivity index (χ2n) is 9.27. The van der Waals surface area contributed by atoms with Gasteiger partial charge in [-0.1, -0.05) is 26.0 Å². The van der Waals surface area contributed by atoms with Gasteiger partial charge in [0.15, 0.2) is 11.5 Å². The molecule has 0 aliphatic carbocycles. The Hall–Kier alpha value is -3.62. The summed E-state index contributed by atoms with van der Waals surface area (Å²) >= 11 is 0. The van der Waals surface area contributed by atoms with Crippen molar-refractivity contribution in [3.8, 4) is 11.5 Å². The van der Waals surface area contributed by atoms with Crippen LogP contribution < -0.4 is 20.1 Å². The van der Waals surface area contributed by atoms with E-state index in [4.69, 9.17) is 9.47 Å². The molecule has 0 saturated carbocycles. The molecule has 0 bridgehead atoms. The summed E-state index contributed by atoms with van der Waals surface area (Å²) in [4.78, 5) is 40.6. The van der Waals surface area contributed by atoms with Crippen molar-refractivity contribution in [3.05, 3.63) is 59.4 Å². The highest BCUT2D eigenvalue weighted by molar-refractivity contribution is 5.98. The topological polar surface area (TPSA) is 97.0 Å². The molecule has 1 fully saturated rings. The molecule has 2 N–H and O–H groups in total. The molecule has 0 radical (unpaired) electrons. The van der Waals surface area contributed by atoms with Gasteiger partial charge in [-0.3, -0.25) is 14.4 Å². The summed E-state index contributed by atoms with van der Waals surface area (Å²) in [6.45, 7) is 5.42. The van der Waals surface area contributed by atoms with Crippen LogP contribution in [0.1, 0.15) is 47.4 Å². The van der Waals surface area contributed by atoms with E-state index in [0.29, 0.717) is 49.5 Å². The van der Waals surface area contributed by atoms with Crippen molar-refractivity contribution in [1.82, 2.24) is 15.5 Å². The average molecular weight is 484 g/mol. The molecule has 2 aromatic rings. The number of carbonyl (C=O) groups is 3. The molecular formula is C26H30FN3O5. The summed E-state index contributed by atoms with van der Waals surface area (Å²) in [5.41, 5.74) is 0.399. The number of hydrogen-bond acceptors (Lipinski definition) is 5. The van der Waals surface area contributed by atoms with E-state index in [1.165, 1.54) is 18.2 Å². The van der Waals surface area contributed by atoms with Gasteiger partial charge >= 0.3 is 0 Å². The van der Waals surface area contributed by atoms with Crippen molar-refractivity contribution in [2.45, 2.75) is 32.7 Å². The van der Waals surface area contributed by atoms with Gasteiger partial charge in [-0.25, -0.2) is 4.39 Å². The van der Waals surface area contributed by atoms with Crippen molar-refractivity contribution >= 4 is 17.7 Å².